The molecule has 3 aromatic carbocycles. The van der Waals surface area contributed by atoms with Gasteiger partial charge in [-0.1, -0.05) is 36.4 Å². The van der Waals surface area contributed by atoms with E-state index >= 15 is 8.78 Å². The summed E-state index contributed by atoms with van der Waals surface area (Å²) in [5, 5.41) is 8.93. The number of aromatic nitrogens is 6. The molecule has 59 heavy (non-hydrogen) atoms. The molecular weight excluding hydrogens is 758 g/mol. The van der Waals surface area contributed by atoms with Crippen molar-refractivity contribution in [1.82, 2.24) is 39.1 Å². The van der Waals surface area contributed by atoms with Crippen LogP contribution in [0.15, 0.2) is 85.1 Å². The van der Waals surface area contributed by atoms with E-state index in [4.69, 9.17) is 24.8 Å². The topological polar surface area (TPSA) is 109 Å². The summed E-state index contributed by atoms with van der Waals surface area (Å²) in [6, 6.07) is 21.2. The maximum absolute atomic E-state index is 15.5. The van der Waals surface area contributed by atoms with Gasteiger partial charge in [-0.15, -0.1) is 0 Å². The Kier molecular flexibility index (Phi) is 9.09. The molecule has 10 rings (SSSR count). The lowest BCUT2D eigenvalue weighted by molar-refractivity contribution is -0.132. The monoisotopic (exact) mass is 798 g/mol. The highest BCUT2D eigenvalue weighted by Gasteiger charge is 2.42. The molecular formula is C44H41F3N10O2. The largest absolute Gasteiger partial charge is 0.378 e. The van der Waals surface area contributed by atoms with Gasteiger partial charge in [-0.05, 0) is 49.2 Å². The zero-order valence-corrected chi connectivity index (χ0v) is 32.7. The fraction of sp³-hybridized carbons (Fsp3) is 0.295. The Morgan fingerprint density at radius 1 is 0.881 bits per heavy atom. The number of nitrogens with one attached hydrogen (secondary N) is 1. The minimum Gasteiger partial charge on any atom is -0.378 e. The number of hydrogen-bond acceptors (Lipinski definition) is 9. The second-order valence-corrected chi connectivity index (χ2v) is 15.7. The molecule has 300 valence electrons. The molecule has 0 unspecified atom stereocenters. The lowest BCUT2D eigenvalue weighted by Gasteiger charge is -2.31. The second-order valence-electron chi connectivity index (χ2n) is 15.7. The Morgan fingerprint density at radius 2 is 1.73 bits per heavy atom. The van der Waals surface area contributed by atoms with E-state index in [0.29, 0.717) is 84.3 Å². The van der Waals surface area contributed by atoms with Crippen molar-refractivity contribution in [1.29, 1.82) is 0 Å². The van der Waals surface area contributed by atoms with Crippen LogP contribution in [0.4, 0.5) is 24.8 Å². The molecule has 0 aliphatic carbocycles. The SMILES string of the molecule is CO[C@H]1CN(C)C(=O)[C@@H]2C[C@@H](CN2c2nc3c(c4c2cnn4-c2ccc(F)cc2F)CN(Cc2ccccc2)C3)Nc2cccc(n2)-c2cc(F)cc3nc(C)n(c23)C1. The number of aryl methyl sites for hydroxylation is 1. The van der Waals surface area contributed by atoms with Gasteiger partial charge in [-0.2, -0.15) is 5.10 Å². The number of amides is 1. The maximum atomic E-state index is 15.5. The Morgan fingerprint density at radius 3 is 2.54 bits per heavy atom. The predicted octanol–water partition coefficient (Wildman–Crippen LogP) is 6.62. The number of anilines is 2. The molecule has 0 radical (unpaired) electrons. The minimum absolute atomic E-state index is 0.112. The average Bonchev–Trinajstić information content (AvgIpc) is 4.01. The van der Waals surface area contributed by atoms with Gasteiger partial charge in [0.05, 0.1) is 52.2 Å². The number of halogens is 3. The van der Waals surface area contributed by atoms with Crippen molar-refractivity contribution in [2.75, 3.05) is 37.5 Å². The Balaban J connectivity index is 1.09. The number of hydrogen-bond donors (Lipinski definition) is 1. The third kappa shape index (κ3) is 6.54. The molecule has 1 N–H and O–H groups in total. The molecule has 0 spiro atoms. The molecule has 15 heteroatoms. The lowest BCUT2D eigenvalue weighted by atomic mass is 10.1. The van der Waals surface area contributed by atoms with Crippen LogP contribution in [0.3, 0.4) is 0 Å². The standard InChI is InChI=1S/C44H41F3N10O2/c1-25-49-36-16-28(46)14-31-35-10-7-11-40(51-35)50-29-17-39(44(58)53(2)21-30(59-3)22-55(25)42(31)36)56(20-29)43-32-18-48-57(38-13-12-27(45)15-34(38)47)41(32)33-23-54(24-37(33)52-43)19-26-8-5-4-6-9-26/h4-16,18,29-30,39H,17,19-24H2,1-3H3,(H,50,51)/t29-,30-,39-/m0/s1. The fourth-order valence-corrected chi connectivity index (χ4v) is 9.10. The molecule has 0 saturated carbocycles. The predicted molar refractivity (Wildman–Crippen MR) is 217 cm³/mol. The van der Waals surface area contributed by atoms with Gasteiger partial charge in [0.1, 0.15) is 40.8 Å². The van der Waals surface area contributed by atoms with Gasteiger partial charge in [-0.3, -0.25) is 9.69 Å². The maximum Gasteiger partial charge on any atom is 0.245 e. The molecule has 3 aliphatic heterocycles. The van der Waals surface area contributed by atoms with E-state index in [2.05, 4.69) is 22.3 Å². The lowest BCUT2D eigenvalue weighted by Crippen LogP contribution is -2.47. The summed E-state index contributed by atoms with van der Waals surface area (Å²) in [6.07, 6.45) is 1.65. The zero-order valence-electron chi connectivity index (χ0n) is 32.7. The summed E-state index contributed by atoms with van der Waals surface area (Å²) in [4.78, 5) is 35.8. The highest BCUT2D eigenvalue weighted by atomic mass is 19.1. The van der Waals surface area contributed by atoms with Crippen LogP contribution in [0.2, 0.25) is 0 Å². The van der Waals surface area contributed by atoms with Gasteiger partial charge in [0.15, 0.2) is 5.82 Å². The smallest absolute Gasteiger partial charge is 0.245 e. The summed E-state index contributed by atoms with van der Waals surface area (Å²) < 4.78 is 54.4. The normalized spacial score (nSPS) is 19.6. The third-order valence-electron chi connectivity index (χ3n) is 11.8. The molecule has 3 aliphatic rings. The van der Waals surface area contributed by atoms with E-state index in [0.717, 1.165) is 28.4 Å². The van der Waals surface area contributed by atoms with Gasteiger partial charge in [-0.25, -0.2) is 32.8 Å². The van der Waals surface area contributed by atoms with Gasteiger partial charge in [0.2, 0.25) is 5.91 Å². The van der Waals surface area contributed by atoms with Gasteiger partial charge >= 0.3 is 0 Å². The minimum atomic E-state index is -0.742. The summed E-state index contributed by atoms with van der Waals surface area (Å²) in [7, 11) is 3.39. The Hall–Kier alpha value is -6.32. The summed E-state index contributed by atoms with van der Waals surface area (Å²) in [5.41, 5.74) is 6.04. The number of rotatable bonds is 5. The van der Waals surface area contributed by atoms with E-state index in [9.17, 15) is 9.18 Å². The molecule has 7 aromatic rings. The van der Waals surface area contributed by atoms with Crippen LogP contribution in [0.5, 0.6) is 0 Å². The highest BCUT2D eigenvalue weighted by Crippen LogP contribution is 2.40. The second kappa shape index (κ2) is 14.5. The van der Waals surface area contributed by atoms with E-state index in [1.807, 2.05) is 52.8 Å². The van der Waals surface area contributed by atoms with E-state index < -0.39 is 29.6 Å². The first-order chi connectivity index (χ1) is 28.6. The first-order valence-corrected chi connectivity index (χ1v) is 19.7. The quantitative estimate of drug-likeness (QED) is 0.206. The number of methoxy groups -OCH3 is 1. The van der Waals surface area contributed by atoms with Crippen molar-refractivity contribution in [3.05, 3.63) is 125 Å². The molecule has 7 heterocycles. The number of likely N-dealkylation sites (N-methyl/N-ethyl adjacent to an activating group) is 1. The summed E-state index contributed by atoms with van der Waals surface area (Å²) in [6.45, 7) is 4.60. The number of fused-ring (bicyclic) bond motifs is 8. The summed E-state index contributed by atoms with van der Waals surface area (Å²) in [5.74, 6) is -0.160. The Labute approximate surface area is 337 Å². The number of ether oxygens (including phenoxy) is 1. The first kappa shape index (κ1) is 37.0. The number of pyridine rings is 2. The van der Waals surface area contributed by atoms with E-state index in [-0.39, 0.29) is 24.2 Å². The molecule has 1 fully saturated rings. The molecule has 4 bridgehead atoms. The molecule has 1 saturated heterocycles. The Bertz CT molecular complexity index is 2770. The van der Waals surface area contributed by atoms with Crippen LogP contribution in [0, 0.1) is 24.4 Å². The van der Waals surface area contributed by atoms with Crippen molar-refractivity contribution in [3.63, 3.8) is 0 Å². The molecule has 4 aromatic heterocycles. The van der Waals surface area contributed by atoms with Crippen LogP contribution in [0.25, 0.3) is 38.9 Å². The highest BCUT2D eigenvalue weighted by molar-refractivity contribution is 5.97. The van der Waals surface area contributed by atoms with E-state index in [1.165, 1.54) is 28.9 Å². The van der Waals surface area contributed by atoms with Crippen LogP contribution in [-0.2, 0) is 35.7 Å². The number of benzene rings is 3. The fourth-order valence-electron chi connectivity index (χ4n) is 9.10. The van der Waals surface area contributed by atoms with Crippen molar-refractivity contribution in [3.8, 4) is 16.9 Å². The van der Waals surface area contributed by atoms with Gasteiger partial charge in [0.25, 0.3) is 0 Å². The van der Waals surface area contributed by atoms with Crippen LogP contribution >= 0.6 is 0 Å². The van der Waals surface area contributed by atoms with Crippen molar-refractivity contribution in [2.24, 2.45) is 0 Å². The number of carbonyl (C=O) groups is 1. The number of imidazole rings is 1. The van der Waals surface area contributed by atoms with Gasteiger partial charge in [0, 0.05) is 76.2 Å². The molecule has 3 atom stereocenters. The molecule has 12 nitrogen and oxygen atoms in total. The summed E-state index contributed by atoms with van der Waals surface area (Å²) >= 11 is 0. The van der Waals surface area contributed by atoms with E-state index in [1.54, 1.807) is 25.3 Å². The van der Waals surface area contributed by atoms with Gasteiger partial charge < -0.3 is 24.4 Å². The third-order valence-corrected chi connectivity index (χ3v) is 11.8. The zero-order chi connectivity index (χ0) is 40.5. The average molecular weight is 799 g/mol. The number of nitrogens with zero attached hydrogens (tertiary/aromatic N) is 9. The van der Waals surface area contributed by atoms with Crippen LogP contribution in [0.1, 0.15) is 29.1 Å². The van der Waals surface area contributed by atoms with Crippen molar-refractivity contribution >= 4 is 39.5 Å². The van der Waals surface area contributed by atoms with Crippen molar-refractivity contribution in [2.45, 2.75) is 57.7 Å². The first-order valence-electron chi connectivity index (χ1n) is 19.7. The van der Waals surface area contributed by atoms with Crippen LogP contribution in [-0.4, -0.2) is 90.4 Å². The van der Waals surface area contributed by atoms with Crippen LogP contribution < -0.4 is 10.2 Å². The van der Waals surface area contributed by atoms with Crippen molar-refractivity contribution < 1.29 is 22.7 Å². The number of carbonyl (C=O) groups excluding carboxylic acids is 1. The molecule has 1 amide bonds.